The Morgan fingerprint density at radius 2 is 2.05 bits per heavy atom. The number of ether oxygens (including phenoxy) is 2. The van der Waals surface area contributed by atoms with Crippen molar-refractivity contribution < 1.29 is 14.6 Å². The van der Waals surface area contributed by atoms with Crippen LogP contribution in [0, 0.1) is 0 Å². The van der Waals surface area contributed by atoms with Gasteiger partial charge in [-0.25, -0.2) is 0 Å². The molecular formula is C17H26N2O3. The highest BCUT2D eigenvalue weighted by molar-refractivity contribution is 5.51. The maximum atomic E-state index is 10.5. The number of rotatable bonds is 7. The molecule has 1 aromatic carbocycles. The Kier molecular flexibility index (Phi) is 6.10. The summed E-state index contributed by atoms with van der Waals surface area (Å²) in [5, 5.41) is 13.9. The Balaban J connectivity index is 2.38. The molecule has 2 rings (SSSR count). The van der Waals surface area contributed by atoms with Crippen LogP contribution in [0.2, 0.25) is 0 Å². The molecule has 5 heteroatoms. The molecule has 0 aliphatic carbocycles. The summed E-state index contributed by atoms with van der Waals surface area (Å²) in [6.45, 7) is 7.65. The molecule has 1 fully saturated rings. The first-order valence-electron chi connectivity index (χ1n) is 7.71. The molecule has 122 valence electrons. The molecule has 1 heterocycles. The van der Waals surface area contributed by atoms with Gasteiger partial charge in [-0.05, 0) is 12.8 Å². The van der Waals surface area contributed by atoms with Crippen molar-refractivity contribution in [1.29, 1.82) is 0 Å². The maximum absolute atomic E-state index is 10.5. The molecule has 1 atom stereocenters. The van der Waals surface area contributed by atoms with Gasteiger partial charge >= 0.3 is 0 Å². The molecular weight excluding hydrogens is 280 g/mol. The summed E-state index contributed by atoms with van der Waals surface area (Å²) >= 11 is 0. The Morgan fingerprint density at radius 1 is 1.32 bits per heavy atom. The molecule has 0 saturated carbocycles. The van der Waals surface area contributed by atoms with Gasteiger partial charge in [0, 0.05) is 44.4 Å². The average molecular weight is 306 g/mol. The van der Waals surface area contributed by atoms with Gasteiger partial charge in [0.15, 0.2) is 0 Å². The summed E-state index contributed by atoms with van der Waals surface area (Å²) in [6, 6.07) is 3.60. The number of phenolic OH excluding ortho intramolecular Hbond substituents is 1. The summed E-state index contributed by atoms with van der Waals surface area (Å²) in [7, 11) is 3.21. The molecule has 0 unspecified atom stereocenters. The lowest BCUT2D eigenvalue weighted by molar-refractivity contribution is 0.160. The van der Waals surface area contributed by atoms with Gasteiger partial charge in [0.2, 0.25) is 0 Å². The Morgan fingerprint density at radius 3 is 2.64 bits per heavy atom. The maximum Gasteiger partial charge on any atom is 0.131 e. The zero-order chi connectivity index (χ0) is 15.9. The number of nitrogens with one attached hydrogen (secondary N) is 1. The molecule has 5 nitrogen and oxygen atoms in total. The van der Waals surface area contributed by atoms with Crippen LogP contribution in [-0.4, -0.2) is 50.4 Å². The fourth-order valence-corrected chi connectivity index (χ4v) is 2.99. The normalized spacial score (nSPS) is 17.0. The van der Waals surface area contributed by atoms with Crippen LogP contribution in [0.4, 0.5) is 0 Å². The quantitative estimate of drug-likeness (QED) is 0.757. The van der Waals surface area contributed by atoms with E-state index >= 15 is 0 Å². The first-order valence-corrected chi connectivity index (χ1v) is 7.71. The second-order valence-electron chi connectivity index (χ2n) is 5.43. The van der Waals surface area contributed by atoms with E-state index in [1.165, 1.54) is 0 Å². The zero-order valence-corrected chi connectivity index (χ0v) is 13.5. The van der Waals surface area contributed by atoms with Crippen molar-refractivity contribution in [2.75, 3.05) is 40.4 Å². The number of piperazine rings is 1. The van der Waals surface area contributed by atoms with Crippen LogP contribution in [0.3, 0.4) is 0 Å². The van der Waals surface area contributed by atoms with Gasteiger partial charge in [-0.2, -0.15) is 0 Å². The minimum atomic E-state index is 0.112. The van der Waals surface area contributed by atoms with Crippen LogP contribution in [0.5, 0.6) is 17.2 Å². The van der Waals surface area contributed by atoms with Crippen molar-refractivity contribution >= 4 is 0 Å². The van der Waals surface area contributed by atoms with E-state index in [2.05, 4.69) is 16.8 Å². The molecule has 1 aliphatic rings. The van der Waals surface area contributed by atoms with E-state index < -0.39 is 0 Å². The molecule has 1 aromatic rings. The number of hydrogen-bond acceptors (Lipinski definition) is 5. The Labute approximate surface area is 132 Å². The van der Waals surface area contributed by atoms with Crippen molar-refractivity contribution in [1.82, 2.24) is 10.2 Å². The lowest BCUT2D eigenvalue weighted by atomic mass is 9.97. The SMILES string of the molecule is C=CCC[C@H](c1c(O)cc(OC)cc1OC)N1CCNCC1. The van der Waals surface area contributed by atoms with Crippen LogP contribution >= 0.6 is 0 Å². The van der Waals surface area contributed by atoms with Crippen molar-refractivity contribution in [2.24, 2.45) is 0 Å². The summed E-state index contributed by atoms with van der Waals surface area (Å²) in [4.78, 5) is 2.39. The monoisotopic (exact) mass is 306 g/mol. The first-order chi connectivity index (χ1) is 10.7. The van der Waals surface area contributed by atoms with Gasteiger partial charge in [0.1, 0.15) is 17.2 Å². The number of hydrogen-bond donors (Lipinski definition) is 2. The van der Waals surface area contributed by atoms with Crippen molar-refractivity contribution in [2.45, 2.75) is 18.9 Å². The van der Waals surface area contributed by atoms with E-state index in [9.17, 15) is 5.11 Å². The van der Waals surface area contributed by atoms with E-state index in [0.29, 0.717) is 11.5 Å². The van der Waals surface area contributed by atoms with Gasteiger partial charge in [0.05, 0.1) is 19.8 Å². The summed E-state index contributed by atoms with van der Waals surface area (Å²) < 4.78 is 10.7. The smallest absolute Gasteiger partial charge is 0.131 e. The predicted octanol–water partition coefficient (Wildman–Crippen LogP) is 2.32. The second-order valence-corrected chi connectivity index (χ2v) is 5.43. The number of phenols is 1. The molecule has 0 amide bonds. The van der Waals surface area contributed by atoms with Crippen molar-refractivity contribution in [3.63, 3.8) is 0 Å². The standard InChI is InChI=1S/C17H26N2O3/c1-4-5-6-14(19-9-7-18-8-10-19)17-15(20)11-13(21-2)12-16(17)22-3/h4,11-12,14,18,20H,1,5-10H2,2-3H3/t14-/m1/s1. The van der Waals surface area contributed by atoms with E-state index in [0.717, 1.165) is 44.6 Å². The van der Waals surface area contributed by atoms with Crippen molar-refractivity contribution in [3.05, 3.63) is 30.4 Å². The molecule has 2 N–H and O–H groups in total. The number of benzene rings is 1. The molecule has 0 radical (unpaired) electrons. The Hall–Kier alpha value is -1.72. The van der Waals surface area contributed by atoms with E-state index in [1.807, 2.05) is 12.1 Å². The van der Waals surface area contributed by atoms with Crippen LogP contribution < -0.4 is 14.8 Å². The molecule has 1 aliphatic heterocycles. The fraction of sp³-hybridized carbons (Fsp3) is 0.529. The van der Waals surface area contributed by atoms with E-state index in [-0.39, 0.29) is 11.8 Å². The van der Waals surface area contributed by atoms with Crippen LogP contribution in [0.25, 0.3) is 0 Å². The highest BCUT2D eigenvalue weighted by atomic mass is 16.5. The Bertz CT molecular complexity index is 499. The van der Waals surface area contributed by atoms with E-state index in [1.54, 1.807) is 20.3 Å². The van der Waals surface area contributed by atoms with Gasteiger partial charge in [-0.1, -0.05) is 6.08 Å². The topological polar surface area (TPSA) is 54.0 Å². The third-order valence-electron chi connectivity index (χ3n) is 4.12. The highest BCUT2D eigenvalue weighted by Gasteiger charge is 2.27. The minimum absolute atomic E-state index is 0.112. The third-order valence-corrected chi connectivity index (χ3v) is 4.12. The minimum Gasteiger partial charge on any atom is -0.507 e. The lowest BCUT2D eigenvalue weighted by Crippen LogP contribution is -2.45. The van der Waals surface area contributed by atoms with Gasteiger partial charge in [-0.15, -0.1) is 6.58 Å². The van der Waals surface area contributed by atoms with Crippen LogP contribution in [0.15, 0.2) is 24.8 Å². The van der Waals surface area contributed by atoms with Gasteiger partial charge in [-0.3, -0.25) is 4.90 Å². The largest absolute Gasteiger partial charge is 0.507 e. The van der Waals surface area contributed by atoms with Crippen LogP contribution in [0.1, 0.15) is 24.4 Å². The van der Waals surface area contributed by atoms with Gasteiger partial charge < -0.3 is 19.9 Å². The number of allylic oxidation sites excluding steroid dienone is 1. The van der Waals surface area contributed by atoms with Gasteiger partial charge in [0.25, 0.3) is 0 Å². The fourth-order valence-electron chi connectivity index (χ4n) is 2.99. The number of aromatic hydroxyl groups is 1. The third kappa shape index (κ3) is 3.72. The average Bonchev–Trinajstić information content (AvgIpc) is 2.56. The molecule has 22 heavy (non-hydrogen) atoms. The van der Waals surface area contributed by atoms with E-state index in [4.69, 9.17) is 9.47 Å². The predicted molar refractivity (Wildman–Crippen MR) is 87.8 cm³/mol. The molecule has 0 aromatic heterocycles. The first kappa shape index (κ1) is 16.6. The van der Waals surface area contributed by atoms with Crippen LogP contribution in [-0.2, 0) is 0 Å². The van der Waals surface area contributed by atoms with Crippen molar-refractivity contribution in [3.8, 4) is 17.2 Å². The summed E-state index contributed by atoms with van der Waals surface area (Å²) in [5.74, 6) is 1.49. The summed E-state index contributed by atoms with van der Waals surface area (Å²) in [5.41, 5.74) is 0.840. The summed E-state index contributed by atoms with van der Waals surface area (Å²) in [6.07, 6.45) is 3.71. The second kappa shape index (κ2) is 8.06. The number of methoxy groups -OCH3 is 2. The highest BCUT2D eigenvalue weighted by Crippen LogP contribution is 2.41. The number of nitrogens with zero attached hydrogens (tertiary/aromatic N) is 1. The molecule has 1 saturated heterocycles. The lowest BCUT2D eigenvalue weighted by Gasteiger charge is -2.36. The molecule has 0 spiro atoms. The molecule has 0 bridgehead atoms. The zero-order valence-electron chi connectivity index (χ0n) is 13.5.